The lowest BCUT2D eigenvalue weighted by atomic mass is 10.2. The van der Waals surface area contributed by atoms with Gasteiger partial charge in [0.1, 0.15) is 5.82 Å². The summed E-state index contributed by atoms with van der Waals surface area (Å²) in [4.78, 5) is 4.21. The fourth-order valence-corrected chi connectivity index (χ4v) is 4.30. The summed E-state index contributed by atoms with van der Waals surface area (Å²) in [5.41, 5.74) is 0. The van der Waals surface area contributed by atoms with Crippen LogP contribution in [0.5, 0.6) is 0 Å². The molecule has 1 N–H and O–H groups in total. The number of rotatable bonds is 5. The normalized spacial score (nSPS) is 21.1. The summed E-state index contributed by atoms with van der Waals surface area (Å²) < 4.78 is 28.7. The molecule has 0 saturated carbocycles. The predicted octanol–water partition coefficient (Wildman–Crippen LogP) is 0.584. The Bertz CT molecular complexity index is 538. The first-order chi connectivity index (χ1) is 9.00. The summed E-state index contributed by atoms with van der Waals surface area (Å²) in [6, 6.07) is 0.0436. The van der Waals surface area contributed by atoms with Crippen molar-refractivity contribution in [3.05, 3.63) is 12.0 Å². The fraction of sp³-hybridized carbons (Fsp3) is 0.750. The molecule has 0 radical (unpaired) electrons. The Morgan fingerprint density at radius 1 is 1.53 bits per heavy atom. The van der Waals surface area contributed by atoms with Gasteiger partial charge < -0.3 is 9.88 Å². The van der Waals surface area contributed by atoms with Crippen LogP contribution >= 0.6 is 0 Å². The predicted molar refractivity (Wildman–Crippen MR) is 73.5 cm³/mol. The first kappa shape index (κ1) is 14.5. The first-order valence-corrected chi connectivity index (χ1v) is 8.15. The SMILES string of the molecule is CCn1cc(S(=O)(=O)N2CCCC2CNC)nc1C. The second-order valence-electron chi connectivity index (χ2n) is 4.88. The van der Waals surface area contributed by atoms with Crippen LogP contribution < -0.4 is 5.32 Å². The minimum atomic E-state index is -3.46. The van der Waals surface area contributed by atoms with Gasteiger partial charge in [-0.25, -0.2) is 13.4 Å². The molecule has 2 heterocycles. The zero-order valence-corrected chi connectivity index (χ0v) is 12.6. The van der Waals surface area contributed by atoms with E-state index >= 15 is 0 Å². The second kappa shape index (κ2) is 5.60. The van der Waals surface area contributed by atoms with Gasteiger partial charge in [0, 0.05) is 31.9 Å². The highest BCUT2D eigenvalue weighted by Gasteiger charge is 2.36. The minimum absolute atomic E-state index is 0.0436. The van der Waals surface area contributed by atoms with Crippen LogP contribution in [0.25, 0.3) is 0 Å². The van der Waals surface area contributed by atoms with Gasteiger partial charge in [-0.3, -0.25) is 0 Å². The van der Waals surface area contributed by atoms with Crippen molar-refractivity contribution >= 4 is 10.0 Å². The largest absolute Gasteiger partial charge is 0.334 e. The molecular weight excluding hydrogens is 264 g/mol. The molecule has 0 bridgehead atoms. The quantitative estimate of drug-likeness (QED) is 0.860. The van der Waals surface area contributed by atoms with Gasteiger partial charge in [0.15, 0.2) is 5.03 Å². The molecule has 108 valence electrons. The maximum atomic E-state index is 12.6. The Hall–Kier alpha value is -0.920. The Kier molecular flexibility index (Phi) is 4.27. The first-order valence-electron chi connectivity index (χ1n) is 6.71. The van der Waals surface area contributed by atoms with E-state index in [1.807, 2.05) is 25.5 Å². The molecule has 1 aliphatic rings. The number of nitrogens with one attached hydrogen (secondary N) is 1. The van der Waals surface area contributed by atoms with Crippen LogP contribution in [0.3, 0.4) is 0 Å². The zero-order chi connectivity index (χ0) is 14.0. The molecule has 1 unspecified atom stereocenters. The topological polar surface area (TPSA) is 67.2 Å². The minimum Gasteiger partial charge on any atom is -0.334 e. The summed E-state index contributed by atoms with van der Waals surface area (Å²) in [6.45, 7) is 5.82. The van der Waals surface area contributed by atoms with Crippen LogP contribution in [0.4, 0.5) is 0 Å². The van der Waals surface area contributed by atoms with Gasteiger partial charge in [0.2, 0.25) is 0 Å². The monoisotopic (exact) mass is 286 g/mol. The summed E-state index contributed by atoms with van der Waals surface area (Å²) in [5.74, 6) is 0.741. The lowest BCUT2D eigenvalue weighted by Gasteiger charge is -2.22. The highest BCUT2D eigenvalue weighted by Crippen LogP contribution is 2.25. The Morgan fingerprint density at radius 2 is 2.26 bits per heavy atom. The molecule has 1 fully saturated rings. The smallest absolute Gasteiger partial charge is 0.262 e. The van der Waals surface area contributed by atoms with E-state index < -0.39 is 10.0 Å². The van der Waals surface area contributed by atoms with Crippen molar-refractivity contribution in [2.75, 3.05) is 20.1 Å². The van der Waals surface area contributed by atoms with E-state index in [1.54, 1.807) is 10.5 Å². The number of hydrogen-bond donors (Lipinski definition) is 1. The number of likely N-dealkylation sites (N-methyl/N-ethyl adjacent to an activating group) is 1. The molecule has 7 heteroatoms. The van der Waals surface area contributed by atoms with Gasteiger partial charge in [-0.1, -0.05) is 0 Å². The van der Waals surface area contributed by atoms with Gasteiger partial charge >= 0.3 is 0 Å². The number of aromatic nitrogens is 2. The van der Waals surface area contributed by atoms with Crippen molar-refractivity contribution in [1.82, 2.24) is 19.2 Å². The lowest BCUT2D eigenvalue weighted by molar-refractivity contribution is 0.378. The van der Waals surface area contributed by atoms with Crippen LogP contribution in [0, 0.1) is 6.92 Å². The van der Waals surface area contributed by atoms with Crippen LogP contribution in [-0.2, 0) is 16.6 Å². The summed E-state index contributed by atoms with van der Waals surface area (Å²) in [7, 11) is -1.61. The number of aryl methyl sites for hydroxylation is 2. The molecule has 19 heavy (non-hydrogen) atoms. The number of imidazole rings is 1. The third kappa shape index (κ3) is 2.68. The van der Waals surface area contributed by atoms with E-state index in [0.29, 0.717) is 13.1 Å². The Balaban J connectivity index is 2.30. The van der Waals surface area contributed by atoms with Gasteiger partial charge in [-0.15, -0.1) is 0 Å². The number of nitrogens with zero attached hydrogens (tertiary/aromatic N) is 3. The van der Waals surface area contributed by atoms with E-state index in [9.17, 15) is 8.42 Å². The Labute approximate surface area is 114 Å². The molecule has 0 spiro atoms. The van der Waals surface area contributed by atoms with E-state index in [2.05, 4.69) is 10.3 Å². The molecule has 0 amide bonds. The van der Waals surface area contributed by atoms with Crippen molar-refractivity contribution in [1.29, 1.82) is 0 Å². The summed E-state index contributed by atoms with van der Waals surface area (Å²) in [5, 5.41) is 3.24. The number of sulfonamides is 1. The summed E-state index contributed by atoms with van der Waals surface area (Å²) in [6.07, 6.45) is 3.46. The highest BCUT2D eigenvalue weighted by molar-refractivity contribution is 7.89. The molecule has 0 aromatic carbocycles. The third-order valence-electron chi connectivity index (χ3n) is 3.63. The van der Waals surface area contributed by atoms with Crippen molar-refractivity contribution in [2.45, 2.75) is 44.3 Å². The van der Waals surface area contributed by atoms with Gasteiger partial charge in [-0.05, 0) is 33.7 Å². The molecule has 6 nitrogen and oxygen atoms in total. The Morgan fingerprint density at radius 3 is 2.84 bits per heavy atom. The van der Waals surface area contributed by atoms with Gasteiger partial charge in [0.25, 0.3) is 10.0 Å². The molecule has 2 rings (SSSR count). The average Bonchev–Trinajstić information content (AvgIpc) is 2.96. The molecule has 1 aliphatic heterocycles. The maximum Gasteiger partial charge on any atom is 0.262 e. The van der Waals surface area contributed by atoms with Crippen LogP contribution in [0.1, 0.15) is 25.6 Å². The number of hydrogen-bond acceptors (Lipinski definition) is 4. The van der Waals surface area contributed by atoms with Gasteiger partial charge in [-0.2, -0.15) is 4.31 Å². The van der Waals surface area contributed by atoms with Crippen LogP contribution in [-0.4, -0.2) is 48.5 Å². The lowest BCUT2D eigenvalue weighted by Crippen LogP contribution is -2.40. The standard InChI is InChI=1S/C12H22N4O2S/c1-4-15-9-12(14-10(15)2)19(17,18)16-7-5-6-11(16)8-13-3/h9,11,13H,4-8H2,1-3H3. The molecule has 1 aromatic heterocycles. The third-order valence-corrected chi connectivity index (χ3v) is 5.45. The second-order valence-corrected chi connectivity index (χ2v) is 6.72. The van der Waals surface area contributed by atoms with Gasteiger partial charge in [0.05, 0.1) is 0 Å². The fourth-order valence-electron chi connectivity index (χ4n) is 2.61. The highest BCUT2D eigenvalue weighted by atomic mass is 32.2. The average molecular weight is 286 g/mol. The van der Waals surface area contributed by atoms with Crippen LogP contribution in [0.2, 0.25) is 0 Å². The van der Waals surface area contributed by atoms with E-state index in [-0.39, 0.29) is 11.1 Å². The van der Waals surface area contributed by atoms with Crippen LogP contribution in [0.15, 0.2) is 11.2 Å². The molecular formula is C12H22N4O2S. The van der Waals surface area contributed by atoms with E-state index in [0.717, 1.165) is 25.2 Å². The van der Waals surface area contributed by atoms with Crippen molar-refractivity contribution in [3.63, 3.8) is 0 Å². The van der Waals surface area contributed by atoms with E-state index in [4.69, 9.17) is 0 Å². The van der Waals surface area contributed by atoms with E-state index in [1.165, 1.54) is 0 Å². The molecule has 1 saturated heterocycles. The van der Waals surface area contributed by atoms with Crippen molar-refractivity contribution < 1.29 is 8.42 Å². The molecule has 0 aliphatic carbocycles. The summed E-state index contributed by atoms with van der Waals surface area (Å²) >= 11 is 0. The molecule has 1 atom stereocenters. The zero-order valence-electron chi connectivity index (χ0n) is 11.8. The maximum absolute atomic E-state index is 12.6. The molecule has 1 aromatic rings. The van der Waals surface area contributed by atoms with Crippen molar-refractivity contribution in [3.8, 4) is 0 Å². The van der Waals surface area contributed by atoms with Crippen molar-refractivity contribution in [2.24, 2.45) is 0 Å².